The third-order valence-electron chi connectivity index (χ3n) is 4.18. The minimum atomic E-state index is 0.108. The molecule has 0 aliphatic heterocycles. The van der Waals surface area contributed by atoms with Gasteiger partial charge in [-0.2, -0.15) is 0 Å². The van der Waals surface area contributed by atoms with Gasteiger partial charge >= 0.3 is 0 Å². The van der Waals surface area contributed by atoms with Gasteiger partial charge in [0.05, 0.1) is 13.7 Å². The second-order valence-electron chi connectivity index (χ2n) is 6.14. The van der Waals surface area contributed by atoms with Gasteiger partial charge in [0.1, 0.15) is 6.61 Å². The summed E-state index contributed by atoms with van der Waals surface area (Å²) in [6.45, 7) is 1.62. The lowest BCUT2D eigenvalue weighted by molar-refractivity contribution is -0.122. The summed E-state index contributed by atoms with van der Waals surface area (Å²) in [4.78, 5) is 14.0. The quantitative estimate of drug-likeness (QED) is 0.799. The Morgan fingerprint density at radius 3 is 2.61 bits per heavy atom. The Kier molecular flexibility index (Phi) is 7.20. The van der Waals surface area contributed by atoms with Gasteiger partial charge in [-0.25, -0.2) is 0 Å². The molecule has 1 aromatic carbocycles. The predicted octanol–water partition coefficient (Wildman–Crippen LogP) is 2.45. The molecule has 1 aromatic rings. The number of hydrogen-bond acceptors (Lipinski definition) is 4. The van der Waals surface area contributed by atoms with Crippen LogP contribution >= 0.6 is 0 Å². The Morgan fingerprint density at radius 1 is 1.22 bits per heavy atom. The monoisotopic (exact) mass is 320 g/mol. The number of para-hydroxylation sites is 2. The van der Waals surface area contributed by atoms with Crippen LogP contribution in [0, 0.1) is 0 Å². The first-order valence-corrected chi connectivity index (χ1v) is 8.43. The van der Waals surface area contributed by atoms with Crippen molar-refractivity contribution in [2.45, 2.75) is 38.1 Å². The van der Waals surface area contributed by atoms with E-state index in [-0.39, 0.29) is 5.91 Å². The van der Waals surface area contributed by atoms with Crippen LogP contribution in [-0.2, 0) is 4.79 Å². The molecule has 1 N–H and O–H groups in total. The fraction of sp³-hybridized carbons (Fsp3) is 0.611. The molecule has 0 aromatic heterocycles. The molecule has 128 valence electrons. The standard InChI is InChI=1S/C18H28N2O3/c1-20(14-18(21)19-15-8-4-3-5-9-15)12-13-23-17-11-7-6-10-16(17)22-2/h6-7,10-11,15H,3-5,8-9,12-14H2,1-2H3,(H,19,21). The molecule has 0 saturated heterocycles. The molecule has 1 fully saturated rings. The van der Waals surface area contributed by atoms with Gasteiger partial charge in [-0.1, -0.05) is 31.4 Å². The van der Waals surface area contributed by atoms with Gasteiger partial charge in [-0.3, -0.25) is 9.69 Å². The number of amides is 1. The fourth-order valence-electron chi connectivity index (χ4n) is 2.89. The smallest absolute Gasteiger partial charge is 0.234 e. The lowest BCUT2D eigenvalue weighted by Crippen LogP contribution is -2.42. The minimum absolute atomic E-state index is 0.108. The largest absolute Gasteiger partial charge is 0.493 e. The van der Waals surface area contributed by atoms with E-state index >= 15 is 0 Å². The van der Waals surface area contributed by atoms with E-state index in [9.17, 15) is 4.79 Å². The molecule has 0 heterocycles. The van der Waals surface area contributed by atoms with E-state index in [0.29, 0.717) is 25.7 Å². The maximum Gasteiger partial charge on any atom is 0.234 e. The summed E-state index contributed by atoms with van der Waals surface area (Å²) < 4.78 is 11.0. The van der Waals surface area contributed by atoms with Gasteiger partial charge in [0, 0.05) is 12.6 Å². The highest BCUT2D eigenvalue weighted by atomic mass is 16.5. The number of ether oxygens (including phenoxy) is 2. The molecule has 0 spiro atoms. The van der Waals surface area contributed by atoms with Crippen LogP contribution in [-0.4, -0.2) is 50.7 Å². The number of methoxy groups -OCH3 is 1. The first-order valence-electron chi connectivity index (χ1n) is 8.43. The average Bonchev–Trinajstić information content (AvgIpc) is 2.56. The van der Waals surface area contributed by atoms with Crippen LogP contribution in [0.25, 0.3) is 0 Å². The van der Waals surface area contributed by atoms with Crippen LogP contribution in [0.15, 0.2) is 24.3 Å². The topological polar surface area (TPSA) is 50.8 Å². The Balaban J connectivity index is 1.66. The lowest BCUT2D eigenvalue weighted by atomic mass is 9.95. The zero-order valence-electron chi connectivity index (χ0n) is 14.2. The van der Waals surface area contributed by atoms with E-state index in [1.807, 2.05) is 36.2 Å². The first-order chi connectivity index (χ1) is 11.2. The van der Waals surface area contributed by atoms with Gasteiger partial charge < -0.3 is 14.8 Å². The second-order valence-corrected chi connectivity index (χ2v) is 6.14. The van der Waals surface area contributed by atoms with E-state index < -0.39 is 0 Å². The third-order valence-corrected chi connectivity index (χ3v) is 4.18. The predicted molar refractivity (Wildman–Crippen MR) is 91.0 cm³/mol. The summed E-state index contributed by atoms with van der Waals surface area (Å²) in [6, 6.07) is 7.95. The van der Waals surface area contributed by atoms with Gasteiger partial charge in [-0.05, 0) is 32.0 Å². The molecule has 23 heavy (non-hydrogen) atoms. The van der Waals surface area contributed by atoms with E-state index in [0.717, 1.165) is 24.3 Å². The summed E-state index contributed by atoms with van der Waals surface area (Å²) in [5.41, 5.74) is 0. The van der Waals surface area contributed by atoms with Crippen molar-refractivity contribution < 1.29 is 14.3 Å². The molecule has 5 heteroatoms. The molecule has 1 saturated carbocycles. The number of rotatable bonds is 8. The van der Waals surface area contributed by atoms with Gasteiger partial charge in [0.15, 0.2) is 11.5 Å². The maximum atomic E-state index is 12.0. The second kappa shape index (κ2) is 9.40. The molecule has 2 rings (SSSR count). The number of nitrogens with one attached hydrogen (secondary N) is 1. The van der Waals surface area contributed by atoms with E-state index in [1.165, 1.54) is 19.3 Å². The molecule has 0 radical (unpaired) electrons. The van der Waals surface area contributed by atoms with Crippen molar-refractivity contribution >= 4 is 5.91 Å². The van der Waals surface area contributed by atoms with Crippen LogP contribution in [0.3, 0.4) is 0 Å². The van der Waals surface area contributed by atoms with E-state index in [4.69, 9.17) is 9.47 Å². The van der Waals surface area contributed by atoms with Crippen LogP contribution in [0.4, 0.5) is 0 Å². The Bertz CT molecular complexity index is 487. The van der Waals surface area contributed by atoms with Crippen molar-refractivity contribution in [2.24, 2.45) is 0 Å². The Morgan fingerprint density at radius 2 is 1.91 bits per heavy atom. The highest BCUT2D eigenvalue weighted by Crippen LogP contribution is 2.25. The number of likely N-dealkylation sites (N-methyl/N-ethyl adjacent to an activating group) is 1. The van der Waals surface area contributed by atoms with Crippen molar-refractivity contribution in [2.75, 3.05) is 33.9 Å². The average molecular weight is 320 g/mol. The highest BCUT2D eigenvalue weighted by Gasteiger charge is 2.16. The number of carbonyl (C=O) groups is 1. The molecule has 1 amide bonds. The minimum Gasteiger partial charge on any atom is -0.493 e. The summed E-state index contributed by atoms with van der Waals surface area (Å²) in [7, 11) is 3.57. The van der Waals surface area contributed by atoms with Crippen LogP contribution < -0.4 is 14.8 Å². The molecule has 0 atom stereocenters. The molecule has 1 aliphatic rings. The maximum absolute atomic E-state index is 12.0. The summed E-state index contributed by atoms with van der Waals surface area (Å²) in [6.07, 6.45) is 5.99. The molecule has 0 unspecified atom stereocenters. The van der Waals surface area contributed by atoms with Gasteiger partial charge in [0.2, 0.25) is 5.91 Å². The van der Waals surface area contributed by atoms with Crippen molar-refractivity contribution in [1.29, 1.82) is 0 Å². The van der Waals surface area contributed by atoms with E-state index in [2.05, 4.69) is 5.32 Å². The van der Waals surface area contributed by atoms with Crippen molar-refractivity contribution in [3.63, 3.8) is 0 Å². The van der Waals surface area contributed by atoms with Crippen molar-refractivity contribution in [1.82, 2.24) is 10.2 Å². The Labute approximate surface area is 139 Å². The van der Waals surface area contributed by atoms with Crippen LogP contribution in [0.1, 0.15) is 32.1 Å². The number of carbonyl (C=O) groups excluding carboxylic acids is 1. The van der Waals surface area contributed by atoms with E-state index in [1.54, 1.807) is 7.11 Å². The lowest BCUT2D eigenvalue weighted by Gasteiger charge is -2.24. The molecule has 1 aliphatic carbocycles. The molecular formula is C18H28N2O3. The normalized spacial score (nSPS) is 15.4. The number of hydrogen-bond donors (Lipinski definition) is 1. The number of nitrogens with zero attached hydrogens (tertiary/aromatic N) is 1. The Hall–Kier alpha value is -1.75. The zero-order chi connectivity index (χ0) is 16.5. The summed E-state index contributed by atoms with van der Waals surface area (Å²) in [5.74, 6) is 1.57. The van der Waals surface area contributed by atoms with Crippen molar-refractivity contribution in [3.8, 4) is 11.5 Å². The highest BCUT2D eigenvalue weighted by molar-refractivity contribution is 5.78. The zero-order valence-corrected chi connectivity index (χ0v) is 14.2. The van der Waals surface area contributed by atoms with Crippen LogP contribution in [0.2, 0.25) is 0 Å². The first kappa shape index (κ1) is 17.6. The fourth-order valence-corrected chi connectivity index (χ4v) is 2.89. The molecular weight excluding hydrogens is 292 g/mol. The summed E-state index contributed by atoms with van der Waals surface area (Å²) >= 11 is 0. The van der Waals surface area contributed by atoms with Gasteiger partial charge in [0.25, 0.3) is 0 Å². The molecule has 0 bridgehead atoms. The SMILES string of the molecule is COc1ccccc1OCCN(C)CC(=O)NC1CCCCC1. The third kappa shape index (κ3) is 6.10. The summed E-state index contributed by atoms with van der Waals surface area (Å²) in [5, 5.41) is 3.13. The van der Waals surface area contributed by atoms with Gasteiger partial charge in [-0.15, -0.1) is 0 Å². The number of benzene rings is 1. The van der Waals surface area contributed by atoms with Crippen molar-refractivity contribution in [3.05, 3.63) is 24.3 Å². The van der Waals surface area contributed by atoms with Crippen LogP contribution in [0.5, 0.6) is 11.5 Å². The molecule has 5 nitrogen and oxygen atoms in total.